The molecule has 0 aromatic heterocycles. The largest absolute Gasteiger partial charge is 0.322 e. The molecule has 0 atom stereocenters. The SMILES string of the molecule is Cc1ccc(NC(=O)N2CCN(CCCc3ccccc3)CC2)cc1Cl. The molecule has 1 aliphatic heterocycles. The van der Waals surface area contributed by atoms with Gasteiger partial charge in [-0.3, -0.25) is 4.90 Å². The number of carbonyl (C=O) groups is 1. The molecule has 0 aliphatic carbocycles. The quantitative estimate of drug-likeness (QED) is 0.843. The lowest BCUT2D eigenvalue weighted by molar-refractivity contribution is 0.146. The van der Waals surface area contributed by atoms with E-state index in [1.54, 1.807) is 6.07 Å². The second-order valence-electron chi connectivity index (χ2n) is 6.81. The van der Waals surface area contributed by atoms with E-state index in [-0.39, 0.29) is 6.03 Å². The van der Waals surface area contributed by atoms with E-state index in [1.807, 2.05) is 24.0 Å². The van der Waals surface area contributed by atoms with Gasteiger partial charge in [-0.2, -0.15) is 0 Å². The number of amides is 2. The summed E-state index contributed by atoms with van der Waals surface area (Å²) in [5, 5.41) is 3.62. The first kappa shape index (κ1) is 18.7. The maximum Gasteiger partial charge on any atom is 0.321 e. The third-order valence-corrected chi connectivity index (χ3v) is 5.27. The van der Waals surface area contributed by atoms with Crippen LogP contribution in [-0.4, -0.2) is 48.6 Å². The predicted molar refractivity (Wildman–Crippen MR) is 108 cm³/mol. The number of rotatable bonds is 5. The highest BCUT2D eigenvalue weighted by molar-refractivity contribution is 6.31. The van der Waals surface area contributed by atoms with Crippen LogP contribution in [0.3, 0.4) is 0 Å². The Labute approximate surface area is 160 Å². The highest BCUT2D eigenvalue weighted by Gasteiger charge is 2.20. The minimum atomic E-state index is -0.0474. The molecule has 138 valence electrons. The van der Waals surface area contributed by atoms with Crippen LogP contribution >= 0.6 is 11.6 Å². The van der Waals surface area contributed by atoms with Gasteiger partial charge in [0.05, 0.1) is 0 Å². The van der Waals surface area contributed by atoms with E-state index in [4.69, 9.17) is 11.6 Å². The van der Waals surface area contributed by atoms with Crippen molar-refractivity contribution in [3.63, 3.8) is 0 Å². The van der Waals surface area contributed by atoms with Crippen molar-refractivity contribution < 1.29 is 4.79 Å². The highest BCUT2D eigenvalue weighted by atomic mass is 35.5. The van der Waals surface area contributed by atoms with Crippen molar-refractivity contribution in [1.29, 1.82) is 0 Å². The minimum Gasteiger partial charge on any atom is -0.322 e. The summed E-state index contributed by atoms with van der Waals surface area (Å²) >= 11 is 6.12. The second-order valence-corrected chi connectivity index (χ2v) is 7.22. The number of piperazine rings is 1. The molecule has 2 aromatic rings. The van der Waals surface area contributed by atoms with Crippen LogP contribution in [-0.2, 0) is 6.42 Å². The van der Waals surface area contributed by atoms with Gasteiger partial charge in [0.1, 0.15) is 0 Å². The summed E-state index contributed by atoms with van der Waals surface area (Å²) < 4.78 is 0. The molecule has 0 unspecified atom stereocenters. The first-order chi connectivity index (χ1) is 12.6. The molecule has 1 saturated heterocycles. The van der Waals surface area contributed by atoms with Crippen LogP contribution in [0, 0.1) is 6.92 Å². The Kier molecular flexibility index (Phi) is 6.53. The van der Waals surface area contributed by atoms with Crippen molar-refractivity contribution in [2.24, 2.45) is 0 Å². The number of hydrogen-bond acceptors (Lipinski definition) is 2. The number of nitrogens with one attached hydrogen (secondary N) is 1. The van der Waals surface area contributed by atoms with E-state index in [0.717, 1.165) is 56.8 Å². The smallest absolute Gasteiger partial charge is 0.321 e. The molecule has 1 aliphatic rings. The maximum atomic E-state index is 12.4. The van der Waals surface area contributed by atoms with Gasteiger partial charge >= 0.3 is 6.03 Å². The normalized spacial score (nSPS) is 15.1. The lowest BCUT2D eigenvalue weighted by atomic mass is 10.1. The average molecular weight is 372 g/mol. The summed E-state index contributed by atoms with van der Waals surface area (Å²) in [4.78, 5) is 16.7. The number of urea groups is 1. The lowest BCUT2D eigenvalue weighted by Crippen LogP contribution is -2.50. The molecule has 0 saturated carbocycles. The Morgan fingerprint density at radius 2 is 1.81 bits per heavy atom. The third-order valence-electron chi connectivity index (χ3n) is 4.87. The van der Waals surface area contributed by atoms with Crippen molar-refractivity contribution in [2.45, 2.75) is 19.8 Å². The van der Waals surface area contributed by atoms with Gasteiger partial charge in [0, 0.05) is 36.9 Å². The van der Waals surface area contributed by atoms with E-state index in [2.05, 4.69) is 40.5 Å². The summed E-state index contributed by atoms with van der Waals surface area (Å²) in [6, 6.07) is 16.2. The molecule has 26 heavy (non-hydrogen) atoms. The molecular formula is C21H26ClN3O. The van der Waals surface area contributed by atoms with Crippen LogP contribution in [0.4, 0.5) is 10.5 Å². The second kappa shape index (κ2) is 9.06. The Balaban J connectivity index is 1.40. The zero-order valence-electron chi connectivity index (χ0n) is 15.2. The van der Waals surface area contributed by atoms with Crippen LogP contribution < -0.4 is 5.32 Å². The number of carbonyl (C=O) groups excluding carboxylic acids is 1. The maximum absolute atomic E-state index is 12.4. The summed E-state index contributed by atoms with van der Waals surface area (Å²) in [7, 11) is 0. The lowest BCUT2D eigenvalue weighted by Gasteiger charge is -2.34. The molecular weight excluding hydrogens is 346 g/mol. The Bertz CT molecular complexity index is 727. The Morgan fingerprint density at radius 1 is 1.08 bits per heavy atom. The standard InChI is InChI=1S/C21H26ClN3O/c1-17-9-10-19(16-20(17)22)23-21(26)25-14-12-24(13-15-25)11-5-8-18-6-3-2-4-7-18/h2-4,6-7,9-10,16H,5,8,11-15H2,1H3,(H,23,26). The molecule has 2 aromatic carbocycles. The van der Waals surface area contributed by atoms with Gasteiger partial charge in [0.15, 0.2) is 0 Å². The van der Waals surface area contributed by atoms with Gasteiger partial charge in [-0.25, -0.2) is 4.79 Å². The highest BCUT2D eigenvalue weighted by Crippen LogP contribution is 2.20. The minimum absolute atomic E-state index is 0.0474. The van der Waals surface area contributed by atoms with E-state index < -0.39 is 0 Å². The van der Waals surface area contributed by atoms with E-state index >= 15 is 0 Å². The van der Waals surface area contributed by atoms with Crippen molar-refractivity contribution >= 4 is 23.3 Å². The first-order valence-electron chi connectivity index (χ1n) is 9.20. The number of aryl methyl sites for hydroxylation is 2. The Morgan fingerprint density at radius 3 is 2.50 bits per heavy atom. The van der Waals surface area contributed by atoms with Crippen LogP contribution in [0.25, 0.3) is 0 Å². The fraction of sp³-hybridized carbons (Fsp3) is 0.381. The zero-order valence-corrected chi connectivity index (χ0v) is 16.0. The van der Waals surface area contributed by atoms with Gasteiger partial charge in [0.2, 0.25) is 0 Å². The predicted octanol–water partition coefficient (Wildman–Crippen LogP) is 4.43. The third kappa shape index (κ3) is 5.23. The van der Waals surface area contributed by atoms with E-state index in [1.165, 1.54) is 5.56 Å². The van der Waals surface area contributed by atoms with Gasteiger partial charge in [0.25, 0.3) is 0 Å². The summed E-state index contributed by atoms with van der Waals surface area (Å²) in [5.41, 5.74) is 3.15. The van der Waals surface area contributed by atoms with Crippen LogP contribution in [0.5, 0.6) is 0 Å². The molecule has 4 nitrogen and oxygen atoms in total. The number of hydrogen-bond donors (Lipinski definition) is 1. The number of anilines is 1. The van der Waals surface area contributed by atoms with Gasteiger partial charge in [-0.1, -0.05) is 48.0 Å². The van der Waals surface area contributed by atoms with Crippen molar-refractivity contribution in [3.8, 4) is 0 Å². The van der Waals surface area contributed by atoms with Crippen molar-refractivity contribution in [3.05, 3.63) is 64.7 Å². The van der Waals surface area contributed by atoms with Gasteiger partial charge in [-0.15, -0.1) is 0 Å². The molecule has 1 fully saturated rings. The van der Waals surface area contributed by atoms with Crippen LogP contribution in [0.15, 0.2) is 48.5 Å². The zero-order chi connectivity index (χ0) is 18.4. The van der Waals surface area contributed by atoms with Crippen LogP contribution in [0.2, 0.25) is 5.02 Å². The molecule has 5 heteroatoms. The Hall–Kier alpha value is -2.04. The van der Waals surface area contributed by atoms with Gasteiger partial charge < -0.3 is 10.2 Å². The van der Waals surface area contributed by atoms with E-state index in [9.17, 15) is 4.79 Å². The number of benzene rings is 2. The average Bonchev–Trinajstić information content (AvgIpc) is 2.66. The molecule has 1 heterocycles. The fourth-order valence-corrected chi connectivity index (χ4v) is 3.38. The summed E-state index contributed by atoms with van der Waals surface area (Å²) in [6.07, 6.45) is 2.26. The van der Waals surface area contributed by atoms with Crippen molar-refractivity contribution in [1.82, 2.24) is 9.80 Å². The molecule has 0 spiro atoms. The summed E-state index contributed by atoms with van der Waals surface area (Å²) in [5.74, 6) is 0. The number of nitrogens with zero attached hydrogens (tertiary/aromatic N) is 2. The van der Waals surface area contributed by atoms with Crippen LogP contribution in [0.1, 0.15) is 17.5 Å². The first-order valence-corrected chi connectivity index (χ1v) is 9.58. The topological polar surface area (TPSA) is 35.6 Å². The molecule has 1 N–H and O–H groups in total. The molecule has 0 radical (unpaired) electrons. The number of halogens is 1. The molecule has 2 amide bonds. The molecule has 0 bridgehead atoms. The van der Waals surface area contributed by atoms with Crippen molar-refractivity contribution in [2.75, 3.05) is 38.0 Å². The fourth-order valence-electron chi connectivity index (χ4n) is 3.20. The van der Waals surface area contributed by atoms with Gasteiger partial charge in [-0.05, 0) is 49.6 Å². The van der Waals surface area contributed by atoms with E-state index in [0.29, 0.717) is 5.02 Å². The summed E-state index contributed by atoms with van der Waals surface area (Å²) in [6.45, 7) is 6.41. The molecule has 3 rings (SSSR count). The monoisotopic (exact) mass is 371 g/mol.